The maximum atomic E-state index is 13.3. The van der Waals surface area contributed by atoms with Crippen molar-refractivity contribution in [1.29, 1.82) is 0 Å². The average Bonchev–Trinajstić information content (AvgIpc) is 2.67. The van der Waals surface area contributed by atoms with Gasteiger partial charge in [-0.15, -0.1) is 0 Å². The molecule has 1 heterocycles. The van der Waals surface area contributed by atoms with Crippen LogP contribution in [0.15, 0.2) is 24.3 Å². The third kappa shape index (κ3) is 2.56. The fourth-order valence-electron chi connectivity index (χ4n) is 2.91. The Morgan fingerprint density at radius 1 is 1.47 bits per heavy atom. The monoisotopic (exact) mass is 267 g/mol. The van der Waals surface area contributed by atoms with E-state index in [1.54, 1.807) is 12.1 Å². The molecule has 1 aliphatic heterocycles. The second-order valence-corrected chi connectivity index (χ2v) is 5.30. The van der Waals surface area contributed by atoms with Crippen LogP contribution in [0.1, 0.15) is 31.9 Å². The molecular weight excluding hydrogens is 249 g/mol. The largest absolute Gasteiger partial charge is 0.465 e. The molecule has 2 N–H and O–H groups in total. The number of halogens is 1. The first-order valence-corrected chi connectivity index (χ1v) is 6.36. The van der Waals surface area contributed by atoms with Crippen LogP contribution in [0.25, 0.3) is 0 Å². The predicted octanol–water partition coefficient (Wildman–Crippen LogP) is 2.64. The molecular formula is C14H18FNO3. The molecule has 1 aliphatic rings. The van der Waals surface area contributed by atoms with E-state index >= 15 is 0 Å². The molecule has 1 fully saturated rings. The van der Waals surface area contributed by atoms with E-state index in [1.807, 2.05) is 13.8 Å². The van der Waals surface area contributed by atoms with Crippen LogP contribution in [-0.2, 0) is 0 Å². The molecule has 3 atom stereocenters. The van der Waals surface area contributed by atoms with Crippen molar-refractivity contribution < 1.29 is 19.4 Å². The van der Waals surface area contributed by atoms with Gasteiger partial charge in [0.1, 0.15) is 5.82 Å². The smallest absolute Gasteiger partial charge is 0.408 e. The lowest BCUT2D eigenvalue weighted by atomic mass is 9.99. The molecule has 4 nitrogen and oxygen atoms in total. The summed E-state index contributed by atoms with van der Waals surface area (Å²) in [4.78, 5) is 12.7. The Balaban J connectivity index is 2.37. The van der Waals surface area contributed by atoms with Crippen LogP contribution in [0.2, 0.25) is 0 Å². The summed E-state index contributed by atoms with van der Waals surface area (Å²) in [5, 5.41) is 19.5. The van der Waals surface area contributed by atoms with Gasteiger partial charge in [-0.2, -0.15) is 0 Å². The highest BCUT2D eigenvalue weighted by Crippen LogP contribution is 2.39. The quantitative estimate of drug-likeness (QED) is 0.866. The van der Waals surface area contributed by atoms with E-state index in [2.05, 4.69) is 0 Å². The minimum Gasteiger partial charge on any atom is -0.465 e. The van der Waals surface area contributed by atoms with Crippen LogP contribution < -0.4 is 0 Å². The summed E-state index contributed by atoms with van der Waals surface area (Å²) >= 11 is 0. The van der Waals surface area contributed by atoms with Gasteiger partial charge in [0, 0.05) is 6.42 Å². The molecule has 104 valence electrons. The standard InChI is InChI=1S/C14H18FNO3/c1-8(2)13-12(17)7-11(16(13)14(18)19)9-4-3-5-10(15)6-9/h3-6,8,11-13,17H,7H2,1-2H3,(H,18,19)/t11-,12+,13-/m0/s1. The Morgan fingerprint density at radius 2 is 2.16 bits per heavy atom. The molecule has 0 radical (unpaired) electrons. The molecule has 1 aromatic carbocycles. The number of hydrogen-bond donors (Lipinski definition) is 2. The summed E-state index contributed by atoms with van der Waals surface area (Å²) in [6, 6.07) is 4.95. The zero-order valence-electron chi connectivity index (χ0n) is 11.0. The average molecular weight is 267 g/mol. The SMILES string of the molecule is CC(C)[C@H]1[C@H](O)C[C@@H](c2cccc(F)c2)N1C(=O)O. The first-order valence-electron chi connectivity index (χ1n) is 6.36. The van der Waals surface area contributed by atoms with Gasteiger partial charge in [-0.25, -0.2) is 9.18 Å². The number of likely N-dealkylation sites (tertiary alicyclic amines) is 1. The van der Waals surface area contributed by atoms with Gasteiger partial charge in [-0.3, -0.25) is 4.90 Å². The Kier molecular flexibility index (Phi) is 3.75. The number of carbonyl (C=O) groups is 1. The third-order valence-electron chi connectivity index (χ3n) is 3.65. The van der Waals surface area contributed by atoms with Crippen LogP contribution in [0.3, 0.4) is 0 Å². The van der Waals surface area contributed by atoms with Crippen LogP contribution in [0.4, 0.5) is 9.18 Å². The van der Waals surface area contributed by atoms with Crippen molar-refractivity contribution >= 4 is 6.09 Å². The minimum absolute atomic E-state index is 0.00431. The number of aliphatic hydroxyl groups is 1. The summed E-state index contributed by atoms with van der Waals surface area (Å²) in [6.07, 6.45) is -1.49. The molecule has 1 saturated heterocycles. The van der Waals surface area contributed by atoms with Gasteiger partial charge in [0.2, 0.25) is 0 Å². The van der Waals surface area contributed by atoms with E-state index in [0.29, 0.717) is 12.0 Å². The molecule has 1 amide bonds. The highest BCUT2D eigenvalue weighted by atomic mass is 19.1. The molecule has 0 bridgehead atoms. The number of benzene rings is 1. The van der Waals surface area contributed by atoms with E-state index in [4.69, 9.17) is 0 Å². The summed E-state index contributed by atoms with van der Waals surface area (Å²) in [6.45, 7) is 3.75. The van der Waals surface area contributed by atoms with Crippen molar-refractivity contribution in [3.8, 4) is 0 Å². The predicted molar refractivity (Wildman–Crippen MR) is 68.3 cm³/mol. The lowest BCUT2D eigenvalue weighted by Gasteiger charge is -2.30. The Hall–Kier alpha value is -1.62. The Morgan fingerprint density at radius 3 is 2.68 bits per heavy atom. The van der Waals surface area contributed by atoms with Crippen LogP contribution in [0.5, 0.6) is 0 Å². The fourth-order valence-corrected chi connectivity index (χ4v) is 2.91. The normalized spacial score (nSPS) is 27.0. The summed E-state index contributed by atoms with van der Waals surface area (Å²) in [7, 11) is 0. The van der Waals surface area contributed by atoms with Crippen LogP contribution in [0, 0.1) is 11.7 Å². The molecule has 0 aliphatic carbocycles. The Labute approximate surface area is 111 Å². The number of aliphatic hydroxyl groups excluding tert-OH is 1. The van der Waals surface area contributed by atoms with E-state index < -0.39 is 30.1 Å². The highest BCUT2D eigenvalue weighted by molar-refractivity contribution is 5.67. The van der Waals surface area contributed by atoms with Crippen molar-refractivity contribution in [3.63, 3.8) is 0 Å². The van der Waals surface area contributed by atoms with Crippen molar-refractivity contribution in [1.82, 2.24) is 4.90 Å². The third-order valence-corrected chi connectivity index (χ3v) is 3.65. The van der Waals surface area contributed by atoms with E-state index in [-0.39, 0.29) is 5.92 Å². The maximum absolute atomic E-state index is 13.3. The van der Waals surface area contributed by atoms with Gasteiger partial charge in [0.15, 0.2) is 0 Å². The molecule has 19 heavy (non-hydrogen) atoms. The zero-order valence-corrected chi connectivity index (χ0v) is 11.0. The van der Waals surface area contributed by atoms with Gasteiger partial charge in [0.05, 0.1) is 18.2 Å². The van der Waals surface area contributed by atoms with Gasteiger partial charge in [-0.1, -0.05) is 26.0 Å². The van der Waals surface area contributed by atoms with Crippen LogP contribution >= 0.6 is 0 Å². The second kappa shape index (κ2) is 5.17. The van der Waals surface area contributed by atoms with E-state index in [9.17, 15) is 19.4 Å². The van der Waals surface area contributed by atoms with Gasteiger partial charge < -0.3 is 10.2 Å². The lowest BCUT2D eigenvalue weighted by Crippen LogP contribution is -2.43. The second-order valence-electron chi connectivity index (χ2n) is 5.30. The molecule has 0 unspecified atom stereocenters. The van der Waals surface area contributed by atoms with Crippen molar-refractivity contribution in [3.05, 3.63) is 35.6 Å². The zero-order chi connectivity index (χ0) is 14.2. The van der Waals surface area contributed by atoms with Gasteiger partial charge >= 0.3 is 6.09 Å². The molecule has 0 spiro atoms. The summed E-state index contributed by atoms with van der Waals surface area (Å²) in [5.74, 6) is -0.394. The lowest BCUT2D eigenvalue weighted by molar-refractivity contribution is 0.0716. The molecule has 5 heteroatoms. The molecule has 0 aromatic heterocycles. The topological polar surface area (TPSA) is 60.8 Å². The summed E-state index contributed by atoms with van der Waals surface area (Å²) < 4.78 is 13.3. The number of carboxylic acid groups (broad SMARTS) is 1. The maximum Gasteiger partial charge on any atom is 0.408 e. The number of rotatable bonds is 2. The molecule has 2 rings (SSSR count). The summed E-state index contributed by atoms with van der Waals surface area (Å²) in [5.41, 5.74) is 0.588. The van der Waals surface area contributed by atoms with Gasteiger partial charge in [-0.05, 0) is 23.6 Å². The number of hydrogen-bond acceptors (Lipinski definition) is 2. The first kappa shape index (κ1) is 13.8. The first-order chi connectivity index (χ1) is 8.91. The molecule has 0 saturated carbocycles. The number of amides is 1. The van der Waals surface area contributed by atoms with E-state index in [1.165, 1.54) is 17.0 Å². The van der Waals surface area contributed by atoms with Crippen molar-refractivity contribution in [2.75, 3.05) is 0 Å². The van der Waals surface area contributed by atoms with Crippen LogP contribution in [-0.4, -0.2) is 33.4 Å². The molecule has 1 aromatic rings. The van der Waals surface area contributed by atoms with Crippen molar-refractivity contribution in [2.24, 2.45) is 5.92 Å². The fraction of sp³-hybridized carbons (Fsp3) is 0.500. The van der Waals surface area contributed by atoms with Gasteiger partial charge in [0.25, 0.3) is 0 Å². The van der Waals surface area contributed by atoms with Crippen molar-refractivity contribution in [2.45, 2.75) is 38.5 Å². The number of nitrogens with zero attached hydrogens (tertiary/aromatic N) is 1. The van der Waals surface area contributed by atoms with E-state index in [0.717, 1.165) is 0 Å². The highest BCUT2D eigenvalue weighted by Gasteiger charge is 2.45. The minimum atomic E-state index is -1.08. The Bertz CT molecular complexity index is 478.